The minimum Gasteiger partial charge on any atom is -0.370 e. The van der Waals surface area contributed by atoms with Crippen molar-refractivity contribution in [1.82, 2.24) is 23.7 Å². The molecule has 2 aromatic carbocycles. The van der Waals surface area contributed by atoms with Gasteiger partial charge in [-0.2, -0.15) is 0 Å². The average molecular weight is 822 g/mol. The van der Waals surface area contributed by atoms with Crippen molar-refractivity contribution in [2.45, 2.75) is 97.7 Å². The predicted octanol–water partition coefficient (Wildman–Crippen LogP) is 9.67. The van der Waals surface area contributed by atoms with Gasteiger partial charge in [-0.3, -0.25) is 14.0 Å². The molecule has 4 unspecified atom stereocenters. The molecule has 0 spiro atoms. The van der Waals surface area contributed by atoms with Gasteiger partial charge in [-0.05, 0) is 103 Å². The molecule has 6 rings (SSSR count). The number of carbonyl (C=O) groups is 1. The van der Waals surface area contributed by atoms with Crippen LogP contribution in [-0.2, 0) is 24.2 Å². The summed E-state index contributed by atoms with van der Waals surface area (Å²) in [7, 11) is 2.22. The smallest absolute Gasteiger partial charge is 0.232 e. The Morgan fingerprint density at radius 2 is 1.73 bits per heavy atom. The molecule has 2 fully saturated rings. The van der Waals surface area contributed by atoms with Gasteiger partial charge in [0.05, 0.1) is 12.0 Å². The van der Waals surface area contributed by atoms with E-state index < -0.39 is 21.2 Å². The highest BCUT2D eigenvalue weighted by Crippen LogP contribution is 2.50. The van der Waals surface area contributed by atoms with Crippen LogP contribution in [0.15, 0.2) is 95.9 Å². The number of alkyl halides is 1. The molecule has 4 heterocycles. The van der Waals surface area contributed by atoms with E-state index in [1.807, 2.05) is 23.3 Å². The summed E-state index contributed by atoms with van der Waals surface area (Å²) in [6.45, 7) is 17.6. The number of carbonyl (C=O) groups excluding carboxylic acids is 1. The molecule has 59 heavy (non-hydrogen) atoms. The van der Waals surface area contributed by atoms with E-state index in [2.05, 4.69) is 140 Å². The fourth-order valence-corrected chi connectivity index (χ4v) is 10.8. The average Bonchev–Trinajstić information content (AvgIpc) is 3.59. The van der Waals surface area contributed by atoms with E-state index in [4.69, 9.17) is 0 Å². The van der Waals surface area contributed by atoms with Gasteiger partial charge in [0.2, 0.25) is 5.91 Å². The molecular weight excluding hydrogens is 750 g/mol. The molecule has 0 radical (unpaired) electrons. The van der Waals surface area contributed by atoms with Crippen LogP contribution < -0.4 is 4.72 Å². The molecule has 320 valence electrons. The largest absolute Gasteiger partial charge is 0.370 e. The molecule has 8 heteroatoms. The molecule has 0 saturated carbocycles. The first-order chi connectivity index (χ1) is 28.3. The second-order valence-corrected chi connectivity index (χ2v) is 20.3. The lowest BCUT2D eigenvalue weighted by molar-refractivity contribution is -0.146. The number of hydrogen-bond acceptors (Lipinski definition) is 5. The second kappa shape index (κ2) is 20.5. The zero-order valence-electron chi connectivity index (χ0n) is 37.0. The van der Waals surface area contributed by atoms with Crippen LogP contribution in [0.4, 0.5) is 4.39 Å². The first-order valence-electron chi connectivity index (χ1n) is 21.9. The number of aryl methyl sites for hydroxylation is 1. The van der Waals surface area contributed by atoms with Gasteiger partial charge in [-0.1, -0.05) is 123 Å². The Morgan fingerprint density at radius 3 is 2.37 bits per heavy atom. The Bertz CT molecular complexity index is 1980. The van der Waals surface area contributed by atoms with Gasteiger partial charge in [0, 0.05) is 63.0 Å². The molecule has 0 aliphatic carbocycles. The number of rotatable bonds is 13. The number of halogens is 1. The van der Waals surface area contributed by atoms with E-state index in [0.29, 0.717) is 38.5 Å². The van der Waals surface area contributed by atoms with Crippen molar-refractivity contribution >= 4 is 27.2 Å². The molecular formula is C51H72FN5OS. The van der Waals surface area contributed by atoms with Crippen molar-refractivity contribution in [3.05, 3.63) is 118 Å². The van der Waals surface area contributed by atoms with Crippen LogP contribution in [0.1, 0.15) is 94.4 Å². The number of piperidine rings is 1. The molecule has 2 aromatic rings. The molecule has 2 saturated heterocycles. The lowest BCUT2D eigenvalue weighted by Gasteiger charge is -2.47. The number of nitrogens with zero attached hydrogens (tertiary/aromatic N) is 4. The lowest BCUT2D eigenvalue weighted by atomic mass is 9.69. The molecule has 1 amide bonds. The van der Waals surface area contributed by atoms with E-state index >= 15 is 9.18 Å². The van der Waals surface area contributed by atoms with Gasteiger partial charge >= 0.3 is 0 Å². The fourth-order valence-electron chi connectivity index (χ4n) is 10.0. The van der Waals surface area contributed by atoms with Crippen LogP contribution in [-0.4, -0.2) is 96.2 Å². The molecule has 6 nitrogen and oxygen atoms in total. The molecule has 4 atom stereocenters. The summed E-state index contributed by atoms with van der Waals surface area (Å²) in [4.78, 5) is 22.8. The third kappa shape index (κ3) is 10.7. The van der Waals surface area contributed by atoms with Crippen LogP contribution >= 0.6 is 9.58 Å². The third-order valence-corrected chi connectivity index (χ3v) is 15.1. The number of hydrogen-bond donors (Lipinski definition) is 1. The Morgan fingerprint density at radius 1 is 1.02 bits per heavy atom. The number of nitrogens with one attached hydrogen (secondary N) is 1. The highest BCUT2D eigenvalue weighted by molar-refractivity contribution is 8.24. The van der Waals surface area contributed by atoms with Crippen LogP contribution in [0.5, 0.6) is 0 Å². The number of fused-ring (bicyclic) bond motifs is 4. The standard InChI is InChI=1S/C49H70FN5OS.C2H2/c1-10-17-41(18-11-2)44-22-16-21-40(37(5)51-57(8,9)52(6)7)25-26-54-35-49(48(56)55-30-36(4)27-43(50)32-55)34-53(31-39-19-14-13-15-20-39)33-46(49)45-28-38(12-3)23-24-42(45)29-47(44)54;1-2/h13-16,19-21,23-25,28,36,41,43,46,51H,5,8-12,17-18,22,26-27,29-35H2,1-4,6-7H3;1-2H/b21-16-,40-25+,47-44+;. The van der Waals surface area contributed by atoms with Crippen molar-refractivity contribution in [3.63, 3.8) is 0 Å². The number of allylic oxidation sites excluding steroid dienone is 4. The van der Waals surface area contributed by atoms with Crippen molar-refractivity contribution in [1.29, 1.82) is 0 Å². The zero-order valence-corrected chi connectivity index (χ0v) is 37.8. The second-order valence-electron chi connectivity index (χ2n) is 17.7. The summed E-state index contributed by atoms with van der Waals surface area (Å²) in [5, 5.41) is 0. The van der Waals surface area contributed by atoms with Crippen molar-refractivity contribution in [2.24, 2.45) is 17.3 Å². The first-order valence-corrected chi connectivity index (χ1v) is 23.8. The molecule has 4 aliphatic heterocycles. The third-order valence-electron chi connectivity index (χ3n) is 13.1. The minimum absolute atomic E-state index is 0.0370. The molecule has 1 N–H and O–H groups in total. The fraction of sp³-hybridized carbons (Fsp3) is 0.510. The highest BCUT2D eigenvalue weighted by Gasteiger charge is 2.56. The summed E-state index contributed by atoms with van der Waals surface area (Å²) in [6, 6.07) is 17.8. The van der Waals surface area contributed by atoms with Gasteiger partial charge in [-0.25, -0.2) is 4.39 Å². The molecule has 0 aromatic heterocycles. The maximum atomic E-state index is 15.8. The summed E-state index contributed by atoms with van der Waals surface area (Å²) < 4.78 is 21.1. The topological polar surface area (TPSA) is 42.1 Å². The SMILES string of the molecule is C#C.C=C(NS(=C)(=C)N(C)C)C1=C/CN2CC3(C(=O)N4CC(C)CC(F)C4)CN(Cc4ccccc4)CC3c3cc(CC)ccc3C/C2=C(\C(CCC)CCC)C/C=C\1. The summed E-state index contributed by atoms with van der Waals surface area (Å²) in [5.74, 6) is 9.44. The van der Waals surface area contributed by atoms with Crippen molar-refractivity contribution < 1.29 is 9.18 Å². The number of benzene rings is 2. The highest BCUT2D eigenvalue weighted by atomic mass is 32.2. The van der Waals surface area contributed by atoms with Gasteiger partial charge in [0.1, 0.15) is 6.17 Å². The zero-order chi connectivity index (χ0) is 42.9. The van der Waals surface area contributed by atoms with E-state index in [1.54, 1.807) is 0 Å². The van der Waals surface area contributed by atoms with Crippen molar-refractivity contribution in [3.8, 4) is 12.8 Å². The Hall–Kier alpha value is -4.03. The monoisotopic (exact) mass is 822 g/mol. The van der Waals surface area contributed by atoms with Crippen LogP contribution in [0, 0.1) is 30.1 Å². The summed E-state index contributed by atoms with van der Waals surface area (Å²) >= 11 is 0. The maximum absolute atomic E-state index is 15.8. The summed E-state index contributed by atoms with van der Waals surface area (Å²) in [5.41, 5.74) is 9.08. The first kappa shape index (κ1) is 46.0. The Balaban J connectivity index is 0.00000326. The van der Waals surface area contributed by atoms with Gasteiger partial charge in [-0.15, -0.1) is 12.8 Å². The van der Waals surface area contributed by atoms with Crippen LogP contribution in [0.2, 0.25) is 0 Å². The number of terminal acetylenes is 1. The molecule has 4 aliphatic rings. The van der Waals surface area contributed by atoms with E-state index in [-0.39, 0.29) is 24.3 Å². The van der Waals surface area contributed by atoms with Gasteiger partial charge in [0.25, 0.3) is 0 Å². The normalized spacial score (nSPS) is 26.4. The maximum Gasteiger partial charge on any atom is 0.232 e. The van der Waals surface area contributed by atoms with Gasteiger partial charge in [0.15, 0.2) is 0 Å². The molecule has 0 bridgehead atoms. The predicted molar refractivity (Wildman–Crippen MR) is 253 cm³/mol. The number of likely N-dealkylation sites (tertiary alicyclic amines) is 2. The van der Waals surface area contributed by atoms with Crippen LogP contribution in [0.25, 0.3) is 0 Å². The number of amides is 1. The Labute approximate surface area is 358 Å². The van der Waals surface area contributed by atoms with Gasteiger partial charge < -0.3 is 14.5 Å². The van der Waals surface area contributed by atoms with Crippen LogP contribution in [0.3, 0.4) is 0 Å². The minimum atomic E-state index is -1.78. The van der Waals surface area contributed by atoms with E-state index in [1.165, 1.54) is 33.5 Å². The van der Waals surface area contributed by atoms with E-state index in [0.717, 1.165) is 69.3 Å². The van der Waals surface area contributed by atoms with Crippen molar-refractivity contribution in [2.75, 3.05) is 53.4 Å². The quantitative estimate of drug-likeness (QED) is 0.161. The summed E-state index contributed by atoms with van der Waals surface area (Å²) in [6.07, 6.45) is 21.4. The Kier molecular flexibility index (Phi) is 16.0. The van der Waals surface area contributed by atoms with E-state index in [9.17, 15) is 0 Å². The lowest BCUT2D eigenvalue weighted by Crippen LogP contribution is -2.57.